The van der Waals surface area contributed by atoms with Gasteiger partial charge in [0.2, 0.25) is 0 Å². The van der Waals surface area contributed by atoms with Crippen molar-refractivity contribution in [1.29, 1.82) is 0 Å². The van der Waals surface area contributed by atoms with Crippen molar-refractivity contribution < 1.29 is 0 Å². The quantitative estimate of drug-likeness (QED) is 0.766. The van der Waals surface area contributed by atoms with Gasteiger partial charge in [-0.3, -0.25) is 4.98 Å². The van der Waals surface area contributed by atoms with E-state index < -0.39 is 0 Å². The van der Waals surface area contributed by atoms with Crippen LogP contribution in [-0.4, -0.2) is 17.0 Å². The van der Waals surface area contributed by atoms with Crippen LogP contribution in [0, 0.1) is 0 Å². The molecule has 1 aromatic rings. The van der Waals surface area contributed by atoms with E-state index in [0.29, 0.717) is 5.92 Å². The monoisotopic (exact) mass is 242 g/mol. The van der Waals surface area contributed by atoms with Crippen LogP contribution in [0.15, 0.2) is 18.3 Å². The average Bonchev–Trinajstić information content (AvgIpc) is 2.27. The summed E-state index contributed by atoms with van der Waals surface area (Å²) in [6, 6.07) is 4.16. The van der Waals surface area contributed by atoms with Crippen LogP contribution in [0.3, 0.4) is 0 Å². The molecule has 82 valence electrons. The Morgan fingerprint density at radius 3 is 3.13 bits per heavy atom. The van der Waals surface area contributed by atoms with Gasteiger partial charge in [0, 0.05) is 13.2 Å². The Kier molecular flexibility index (Phi) is 4.48. The van der Waals surface area contributed by atoms with Gasteiger partial charge in [-0.15, -0.1) is 12.4 Å². The molecule has 0 aliphatic heterocycles. The molecule has 0 aromatic carbocycles. The Bertz CT molecular complexity index is 354. The van der Waals surface area contributed by atoms with Crippen LogP contribution >= 0.6 is 24.6 Å². The molecule has 0 saturated carbocycles. The highest BCUT2D eigenvalue weighted by Gasteiger charge is 2.23. The van der Waals surface area contributed by atoms with Crippen molar-refractivity contribution >= 4 is 29.6 Å². The van der Waals surface area contributed by atoms with Crippen LogP contribution in [0.1, 0.15) is 30.0 Å². The number of hydrogen-bond acceptors (Lipinski definition) is 2. The summed E-state index contributed by atoms with van der Waals surface area (Å²) in [4.78, 5) is 5.36. The summed E-state index contributed by atoms with van der Waals surface area (Å²) in [7, 11) is 1.89. The van der Waals surface area contributed by atoms with E-state index in [1.54, 1.807) is 0 Å². The SMILES string of the molecule is CNC(=S)C1CCCc2cccnc21.Cl. The Morgan fingerprint density at radius 1 is 1.60 bits per heavy atom. The van der Waals surface area contributed by atoms with Gasteiger partial charge in [-0.05, 0) is 30.9 Å². The number of likely N-dealkylation sites (N-methyl/N-ethyl adjacent to an activating group) is 1. The molecule has 1 N–H and O–H groups in total. The minimum absolute atomic E-state index is 0. The highest BCUT2D eigenvalue weighted by atomic mass is 35.5. The van der Waals surface area contributed by atoms with E-state index in [4.69, 9.17) is 12.2 Å². The second kappa shape index (κ2) is 5.42. The Morgan fingerprint density at radius 2 is 2.40 bits per heavy atom. The number of pyridine rings is 1. The first-order valence-corrected chi connectivity index (χ1v) is 5.39. The maximum atomic E-state index is 5.30. The molecule has 1 unspecified atom stereocenters. The van der Waals surface area contributed by atoms with E-state index in [0.717, 1.165) is 17.8 Å². The third-order valence-corrected chi connectivity index (χ3v) is 3.25. The fraction of sp³-hybridized carbons (Fsp3) is 0.455. The minimum Gasteiger partial charge on any atom is -0.382 e. The molecule has 0 saturated heterocycles. The third-order valence-electron chi connectivity index (χ3n) is 2.76. The molecule has 1 atom stereocenters. The Balaban J connectivity index is 0.00000112. The predicted molar refractivity (Wildman–Crippen MR) is 68.8 cm³/mol. The van der Waals surface area contributed by atoms with Gasteiger partial charge >= 0.3 is 0 Å². The number of nitrogens with one attached hydrogen (secondary N) is 1. The van der Waals surface area contributed by atoms with Crippen molar-refractivity contribution in [2.75, 3.05) is 7.05 Å². The zero-order valence-electron chi connectivity index (χ0n) is 8.69. The summed E-state index contributed by atoms with van der Waals surface area (Å²) < 4.78 is 0. The van der Waals surface area contributed by atoms with Crippen LogP contribution in [0.4, 0.5) is 0 Å². The molecule has 0 radical (unpaired) electrons. The van der Waals surface area contributed by atoms with E-state index in [1.807, 2.05) is 19.3 Å². The van der Waals surface area contributed by atoms with Crippen molar-refractivity contribution in [1.82, 2.24) is 10.3 Å². The maximum absolute atomic E-state index is 5.30. The topological polar surface area (TPSA) is 24.9 Å². The van der Waals surface area contributed by atoms with Gasteiger partial charge in [0.25, 0.3) is 0 Å². The first-order valence-electron chi connectivity index (χ1n) is 4.98. The zero-order chi connectivity index (χ0) is 9.97. The standard InChI is InChI=1S/C11H14N2S.ClH/c1-12-11(14)9-6-2-4-8-5-3-7-13-10(8)9;/h3,5,7,9H,2,4,6H2,1H3,(H,12,14);1H. The van der Waals surface area contributed by atoms with Gasteiger partial charge in [0.15, 0.2) is 0 Å². The third kappa shape index (κ3) is 2.47. The molecule has 2 nitrogen and oxygen atoms in total. The van der Waals surface area contributed by atoms with Crippen molar-refractivity contribution in [2.24, 2.45) is 0 Å². The lowest BCUT2D eigenvalue weighted by atomic mass is 9.86. The average molecular weight is 243 g/mol. The molecule has 1 aliphatic carbocycles. The normalized spacial score (nSPS) is 18.6. The number of nitrogens with zero attached hydrogens (tertiary/aromatic N) is 1. The maximum Gasteiger partial charge on any atom is 0.0842 e. The van der Waals surface area contributed by atoms with Gasteiger partial charge in [0.1, 0.15) is 0 Å². The number of aryl methyl sites for hydroxylation is 1. The molecule has 0 spiro atoms. The molecule has 2 rings (SSSR count). The minimum atomic E-state index is 0. The van der Waals surface area contributed by atoms with Gasteiger partial charge in [0.05, 0.1) is 16.6 Å². The van der Waals surface area contributed by atoms with E-state index in [-0.39, 0.29) is 12.4 Å². The van der Waals surface area contributed by atoms with Crippen molar-refractivity contribution in [2.45, 2.75) is 25.2 Å². The highest BCUT2D eigenvalue weighted by molar-refractivity contribution is 7.80. The summed E-state index contributed by atoms with van der Waals surface area (Å²) in [6.45, 7) is 0. The first kappa shape index (κ1) is 12.4. The summed E-state index contributed by atoms with van der Waals surface area (Å²) in [6.07, 6.45) is 5.34. The molecule has 1 heterocycles. The smallest absolute Gasteiger partial charge is 0.0842 e. The van der Waals surface area contributed by atoms with Crippen molar-refractivity contribution in [3.63, 3.8) is 0 Å². The summed E-state index contributed by atoms with van der Waals surface area (Å²) in [5.74, 6) is 0.333. The molecular formula is C11H15ClN2S. The summed E-state index contributed by atoms with van der Waals surface area (Å²) >= 11 is 5.30. The molecule has 1 aromatic heterocycles. The number of thiocarbonyl (C=S) groups is 1. The molecular weight excluding hydrogens is 228 g/mol. The summed E-state index contributed by atoms with van der Waals surface area (Å²) in [5, 5.41) is 3.07. The fourth-order valence-electron chi connectivity index (χ4n) is 2.04. The fourth-order valence-corrected chi connectivity index (χ4v) is 2.27. The number of rotatable bonds is 1. The summed E-state index contributed by atoms with van der Waals surface area (Å²) in [5.41, 5.74) is 2.54. The number of aromatic nitrogens is 1. The largest absolute Gasteiger partial charge is 0.382 e. The van der Waals surface area contributed by atoms with Crippen LogP contribution in [-0.2, 0) is 6.42 Å². The number of fused-ring (bicyclic) bond motifs is 1. The Labute approximate surface area is 102 Å². The second-order valence-electron chi connectivity index (χ2n) is 3.61. The van der Waals surface area contributed by atoms with Gasteiger partial charge < -0.3 is 5.32 Å². The van der Waals surface area contributed by atoms with Crippen LogP contribution in [0.25, 0.3) is 0 Å². The molecule has 4 heteroatoms. The van der Waals surface area contributed by atoms with E-state index >= 15 is 0 Å². The van der Waals surface area contributed by atoms with E-state index in [1.165, 1.54) is 17.7 Å². The molecule has 15 heavy (non-hydrogen) atoms. The lowest BCUT2D eigenvalue weighted by Gasteiger charge is -2.24. The molecule has 0 fully saturated rings. The predicted octanol–water partition coefficient (Wildman–Crippen LogP) is 2.47. The lowest BCUT2D eigenvalue weighted by molar-refractivity contribution is 0.628. The lowest BCUT2D eigenvalue weighted by Crippen LogP contribution is -2.27. The van der Waals surface area contributed by atoms with Crippen LogP contribution in [0.5, 0.6) is 0 Å². The number of hydrogen-bond donors (Lipinski definition) is 1. The van der Waals surface area contributed by atoms with Gasteiger partial charge in [-0.2, -0.15) is 0 Å². The highest BCUT2D eigenvalue weighted by Crippen LogP contribution is 2.30. The number of halogens is 1. The van der Waals surface area contributed by atoms with E-state index in [2.05, 4.69) is 16.4 Å². The molecule has 0 amide bonds. The van der Waals surface area contributed by atoms with Crippen molar-refractivity contribution in [3.05, 3.63) is 29.6 Å². The van der Waals surface area contributed by atoms with Crippen LogP contribution < -0.4 is 5.32 Å². The van der Waals surface area contributed by atoms with Crippen LogP contribution in [0.2, 0.25) is 0 Å². The van der Waals surface area contributed by atoms with Crippen molar-refractivity contribution in [3.8, 4) is 0 Å². The van der Waals surface area contributed by atoms with E-state index in [9.17, 15) is 0 Å². The molecule has 0 bridgehead atoms. The Hall–Kier alpha value is -0.670. The zero-order valence-corrected chi connectivity index (χ0v) is 10.3. The first-order chi connectivity index (χ1) is 6.83. The van der Waals surface area contributed by atoms with Gasteiger partial charge in [-0.1, -0.05) is 18.3 Å². The molecule has 1 aliphatic rings. The second-order valence-corrected chi connectivity index (χ2v) is 4.05. The van der Waals surface area contributed by atoms with Gasteiger partial charge in [-0.25, -0.2) is 0 Å².